The molecule has 264 valence electrons. The van der Waals surface area contributed by atoms with Crippen LogP contribution in [0.2, 0.25) is 25.7 Å². The number of aromatic nitrogens is 3. The van der Waals surface area contributed by atoms with Crippen molar-refractivity contribution in [3.05, 3.63) is 101 Å². The fourth-order valence-electron chi connectivity index (χ4n) is 6.03. The van der Waals surface area contributed by atoms with E-state index in [-0.39, 0.29) is 48.7 Å². The van der Waals surface area contributed by atoms with Crippen LogP contribution >= 0.6 is 0 Å². The van der Waals surface area contributed by atoms with Gasteiger partial charge >= 0.3 is 5.97 Å². The SMILES string of the molecule is CCOC(=O)CCc1cccc(C2NCCc3nc(-c4cc(Oc5c(F)cc6c(ccn6COCC[Si](C)(C)C)c5F)ccc4F)[nH]c32)c1F. The summed E-state index contributed by atoms with van der Waals surface area (Å²) in [5, 5.41) is 3.46. The van der Waals surface area contributed by atoms with Crippen molar-refractivity contribution in [3.8, 4) is 22.9 Å². The van der Waals surface area contributed by atoms with Crippen LogP contribution in [0.4, 0.5) is 17.6 Å². The highest BCUT2D eigenvalue weighted by Gasteiger charge is 2.29. The molecule has 2 aromatic heterocycles. The number of carbonyl (C=O) groups is 1. The van der Waals surface area contributed by atoms with Gasteiger partial charge in [-0.1, -0.05) is 37.8 Å². The number of aromatic amines is 1. The summed E-state index contributed by atoms with van der Waals surface area (Å²) in [5.74, 6) is -3.76. The summed E-state index contributed by atoms with van der Waals surface area (Å²) in [4.78, 5) is 19.6. The van der Waals surface area contributed by atoms with Gasteiger partial charge in [0.1, 0.15) is 29.9 Å². The third-order valence-corrected chi connectivity index (χ3v) is 10.4. The van der Waals surface area contributed by atoms with Crippen LogP contribution < -0.4 is 10.1 Å². The molecule has 3 aromatic carbocycles. The second kappa shape index (κ2) is 14.8. The third-order valence-electron chi connectivity index (χ3n) is 8.70. The summed E-state index contributed by atoms with van der Waals surface area (Å²) in [5.41, 5.74) is 2.26. The Morgan fingerprint density at radius 3 is 2.64 bits per heavy atom. The monoisotopic (exact) mass is 708 g/mol. The van der Waals surface area contributed by atoms with Crippen LogP contribution in [0.25, 0.3) is 22.3 Å². The molecule has 0 radical (unpaired) electrons. The highest BCUT2D eigenvalue weighted by Crippen LogP contribution is 2.37. The molecule has 0 bridgehead atoms. The molecule has 1 aliphatic rings. The van der Waals surface area contributed by atoms with Gasteiger partial charge in [-0.2, -0.15) is 0 Å². The van der Waals surface area contributed by atoms with E-state index in [1.165, 1.54) is 24.3 Å². The molecule has 2 N–H and O–H groups in total. The number of carbonyl (C=O) groups excluding carboxylic acids is 1. The van der Waals surface area contributed by atoms with Gasteiger partial charge in [-0.05, 0) is 49.2 Å². The zero-order chi connectivity index (χ0) is 35.6. The number of benzene rings is 3. The zero-order valence-corrected chi connectivity index (χ0v) is 29.5. The fraction of sp³-hybridized carbons (Fsp3) is 0.351. The van der Waals surface area contributed by atoms with Gasteiger partial charge in [0.2, 0.25) is 0 Å². The predicted molar refractivity (Wildman–Crippen MR) is 185 cm³/mol. The molecule has 3 heterocycles. The minimum Gasteiger partial charge on any atom is -0.466 e. The van der Waals surface area contributed by atoms with Gasteiger partial charge in [-0.3, -0.25) is 4.79 Å². The van der Waals surface area contributed by atoms with Gasteiger partial charge in [-0.15, -0.1) is 0 Å². The van der Waals surface area contributed by atoms with Crippen molar-refractivity contribution < 1.29 is 36.6 Å². The summed E-state index contributed by atoms with van der Waals surface area (Å²) in [7, 11) is -1.29. The van der Waals surface area contributed by atoms with E-state index in [9.17, 15) is 4.79 Å². The predicted octanol–water partition coefficient (Wildman–Crippen LogP) is 8.42. The Hall–Kier alpha value is -4.46. The average Bonchev–Trinajstić information content (AvgIpc) is 3.69. The number of halogens is 4. The van der Waals surface area contributed by atoms with Gasteiger partial charge in [-0.25, -0.2) is 22.5 Å². The van der Waals surface area contributed by atoms with Crippen molar-refractivity contribution in [2.24, 2.45) is 0 Å². The molecule has 50 heavy (non-hydrogen) atoms. The van der Waals surface area contributed by atoms with E-state index < -0.39 is 49.1 Å². The highest BCUT2D eigenvalue weighted by atomic mass is 28.3. The molecular weight excluding hydrogens is 669 g/mol. The molecule has 1 aliphatic heterocycles. The number of fused-ring (bicyclic) bond motifs is 2. The van der Waals surface area contributed by atoms with Crippen LogP contribution in [0, 0.1) is 23.3 Å². The molecule has 1 atom stereocenters. The van der Waals surface area contributed by atoms with E-state index in [4.69, 9.17) is 14.2 Å². The standard InChI is InChI=1S/C37H40F4N4O4Si/c1-5-48-31(46)12-9-22-7-6-8-25(32(22)40)34-35-29(13-15-42-34)43-37(44-35)26-19-23(10-11-27(26)38)49-36-28(39)20-30-24(33(36)41)14-16-45(30)21-47-17-18-50(2,3)4/h6-8,10-11,14,16,19-20,34,42H,5,9,12-13,15,17-18,21H2,1-4H3,(H,43,44). The lowest BCUT2D eigenvalue weighted by Gasteiger charge is -2.24. The molecule has 5 aromatic rings. The lowest BCUT2D eigenvalue weighted by molar-refractivity contribution is -0.143. The summed E-state index contributed by atoms with van der Waals surface area (Å²) < 4.78 is 80.1. The molecule has 13 heteroatoms. The lowest BCUT2D eigenvalue weighted by atomic mass is 9.95. The Balaban J connectivity index is 1.24. The van der Waals surface area contributed by atoms with E-state index in [2.05, 4.69) is 34.9 Å². The lowest BCUT2D eigenvalue weighted by Crippen LogP contribution is -2.31. The van der Waals surface area contributed by atoms with Gasteiger partial charge in [0.15, 0.2) is 17.4 Å². The van der Waals surface area contributed by atoms with Gasteiger partial charge in [0, 0.05) is 57.3 Å². The second-order valence-corrected chi connectivity index (χ2v) is 19.1. The molecule has 8 nitrogen and oxygen atoms in total. The van der Waals surface area contributed by atoms with Crippen LogP contribution in [-0.4, -0.2) is 48.3 Å². The zero-order valence-electron chi connectivity index (χ0n) is 28.5. The van der Waals surface area contributed by atoms with Gasteiger partial charge in [0.05, 0.1) is 35.1 Å². The molecule has 0 aliphatic carbocycles. The highest BCUT2D eigenvalue weighted by molar-refractivity contribution is 6.76. The average molecular weight is 709 g/mol. The molecule has 0 amide bonds. The van der Waals surface area contributed by atoms with Crippen molar-refractivity contribution in [2.75, 3.05) is 19.8 Å². The van der Waals surface area contributed by atoms with Gasteiger partial charge in [0.25, 0.3) is 0 Å². The summed E-state index contributed by atoms with van der Waals surface area (Å²) in [6, 6.07) is 11.8. The Morgan fingerprint density at radius 1 is 1.04 bits per heavy atom. The van der Waals surface area contributed by atoms with Crippen molar-refractivity contribution >= 4 is 24.9 Å². The maximum atomic E-state index is 15.7. The van der Waals surface area contributed by atoms with Crippen LogP contribution in [0.15, 0.2) is 54.7 Å². The fourth-order valence-corrected chi connectivity index (χ4v) is 6.78. The second-order valence-electron chi connectivity index (χ2n) is 13.5. The molecule has 0 saturated heterocycles. The molecular formula is C37H40F4N4O4Si. The maximum absolute atomic E-state index is 15.7. The largest absolute Gasteiger partial charge is 0.466 e. The minimum atomic E-state index is -1.29. The third kappa shape index (κ3) is 7.64. The van der Waals surface area contributed by atoms with Crippen molar-refractivity contribution in [3.63, 3.8) is 0 Å². The van der Waals surface area contributed by atoms with E-state index in [1.807, 2.05) is 0 Å². The van der Waals surface area contributed by atoms with E-state index in [1.54, 1.807) is 35.9 Å². The first-order valence-electron chi connectivity index (χ1n) is 16.7. The number of ether oxygens (including phenoxy) is 3. The molecule has 0 saturated carbocycles. The molecule has 6 rings (SSSR count). The summed E-state index contributed by atoms with van der Waals surface area (Å²) in [6.07, 6.45) is 2.36. The number of H-pyrrole nitrogens is 1. The topological polar surface area (TPSA) is 90.4 Å². The van der Waals surface area contributed by atoms with E-state index >= 15 is 17.6 Å². The first-order chi connectivity index (χ1) is 23.9. The van der Waals surface area contributed by atoms with Crippen molar-refractivity contribution in [1.29, 1.82) is 0 Å². The smallest absolute Gasteiger partial charge is 0.306 e. The number of nitrogens with zero attached hydrogens (tertiary/aromatic N) is 2. The Labute approximate surface area is 288 Å². The number of esters is 1. The number of nitrogens with one attached hydrogen (secondary N) is 2. The number of rotatable bonds is 13. The Kier molecular flexibility index (Phi) is 10.5. The summed E-state index contributed by atoms with van der Waals surface area (Å²) >= 11 is 0. The van der Waals surface area contributed by atoms with Crippen LogP contribution in [-0.2, 0) is 33.8 Å². The van der Waals surface area contributed by atoms with Crippen molar-refractivity contribution in [2.45, 2.75) is 64.6 Å². The number of imidazole rings is 1. The Morgan fingerprint density at radius 2 is 1.86 bits per heavy atom. The first kappa shape index (κ1) is 35.4. The number of hydrogen-bond acceptors (Lipinski definition) is 6. The molecule has 0 spiro atoms. The molecule has 0 fully saturated rings. The first-order valence-corrected chi connectivity index (χ1v) is 20.4. The number of hydrogen-bond donors (Lipinski definition) is 2. The number of aryl methyl sites for hydroxylation is 1. The van der Waals surface area contributed by atoms with E-state index in [0.717, 1.165) is 12.1 Å². The normalized spacial score (nSPS) is 14.6. The van der Waals surface area contributed by atoms with Crippen LogP contribution in [0.3, 0.4) is 0 Å². The van der Waals surface area contributed by atoms with Crippen LogP contribution in [0.1, 0.15) is 41.9 Å². The summed E-state index contributed by atoms with van der Waals surface area (Å²) in [6.45, 7) is 9.91. The maximum Gasteiger partial charge on any atom is 0.306 e. The molecule has 1 unspecified atom stereocenters. The minimum absolute atomic E-state index is 0.00273. The Bertz CT molecular complexity index is 2020. The van der Waals surface area contributed by atoms with Crippen molar-refractivity contribution in [1.82, 2.24) is 19.9 Å². The van der Waals surface area contributed by atoms with Crippen LogP contribution in [0.5, 0.6) is 11.5 Å². The van der Waals surface area contributed by atoms with E-state index in [0.29, 0.717) is 47.6 Å². The quantitative estimate of drug-likeness (QED) is 0.0553. The van der Waals surface area contributed by atoms with Gasteiger partial charge < -0.3 is 29.1 Å².